The Labute approximate surface area is 152 Å². The van der Waals surface area contributed by atoms with Crippen LogP contribution in [0.1, 0.15) is 35.6 Å². The molecule has 0 atom stereocenters. The molecule has 0 bridgehead atoms. The second-order valence-electron chi connectivity index (χ2n) is 5.93. The molecule has 0 unspecified atom stereocenters. The molecule has 3 nitrogen and oxygen atoms in total. The Balaban J connectivity index is 2.13. The Bertz CT molecular complexity index is 801. The SMILES string of the molecule is C=CN=C(/C=C\C)c1sc(C2CCNCC2)nc1-c1ccccc1F. The van der Waals surface area contributed by atoms with Gasteiger partial charge in [0, 0.05) is 17.7 Å². The Kier molecular flexibility index (Phi) is 5.89. The minimum Gasteiger partial charge on any atom is -0.317 e. The maximum atomic E-state index is 14.4. The molecule has 0 aliphatic carbocycles. The second kappa shape index (κ2) is 8.32. The number of allylic oxidation sites excluding steroid dienone is 2. The third-order valence-corrected chi connectivity index (χ3v) is 5.49. The highest BCUT2D eigenvalue weighted by atomic mass is 32.1. The number of halogens is 1. The zero-order valence-electron chi connectivity index (χ0n) is 14.3. The Morgan fingerprint density at radius 2 is 2.12 bits per heavy atom. The number of aromatic nitrogens is 1. The third-order valence-electron chi connectivity index (χ3n) is 4.25. The van der Waals surface area contributed by atoms with E-state index in [0.29, 0.717) is 17.2 Å². The number of hydrogen-bond donors (Lipinski definition) is 1. The first-order chi connectivity index (χ1) is 12.2. The van der Waals surface area contributed by atoms with Crippen LogP contribution in [0.5, 0.6) is 0 Å². The van der Waals surface area contributed by atoms with Crippen LogP contribution in [0.4, 0.5) is 4.39 Å². The molecule has 2 heterocycles. The van der Waals surface area contributed by atoms with Crippen molar-refractivity contribution < 1.29 is 4.39 Å². The summed E-state index contributed by atoms with van der Waals surface area (Å²) in [5.41, 5.74) is 1.97. The number of nitrogens with zero attached hydrogens (tertiary/aromatic N) is 2. The van der Waals surface area contributed by atoms with Gasteiger partial charge in [-0.15, -0.1) is 11.3 Å². The number of nitrogens with one attached hydrogen (secondary N) is 1. The largest absolute Gasteiger partial charge is 0.317 e. The van der Waals surface area contributed by atoms with E-state index in [4.69, 9.17) is 4.98 Å². The van der Waals surface area contributed by atoms with Crippen molar-refractivity contribution in [3.63, 3.8) is 0 Å². The molecule has 0 amide bonds. The highest BCUT2D eigenvalue weighted by molar-refractivity contribution is 7.14. The zero-order chi connectivity index (χ0) is 17.6. The van der Waals surface area contributed by atoms with E-state index in [0.717, 1.165) is 41.5 Å². The van der Waals surface area contributed by atoms with Gasteiger partial charge in [-0.05, 0) is 51.1 Å². The van der Waals surface area contributed by atoms with Crippen LogP contribution in [-0.2, 0) is 0 Å². The lowest BCUT2D eigenvalue weighted by Gasteiger charge is -2.20. The minimum absolute atomic E-state index is 0.260. The highest BCUT2D eigenvalue weighted by Crippen LogP contribution is 2.36. The summed E-state index contributed by atoms with van der Waals surface area (Å²) in [6.45, 7) is 7.64. The number of rotatable bonds is 5. The lowest BCUT2D eigenvalue weighted by molar-refractivity contribution is 0.459. The molecule has 0 spiro atoms. The first-order valence-corrected chi connectivity index (χ1v) is 9.34. The second-order valence-corrected chi connectivity index (χ2v) is 6.96. The monoisotopic (exact) mass is 355 g/mol. The van der Waals surface area contributed by atoms with Crippen LogP contribution in [0.25, 0.3) is 11.3 Å². The fourth-order valence-corrected chi connectivity index (χ4v) is 4.25. The summed E-state index contributed by atoms with van der Waals surface area (Å²) in [4.78, 5) is 10.1. The first kappa shape index (κ1) is 17.7. The van der Waals surface area contributed by atoms with Gasteiger partial charge in [0.15, 0.2) is 0 Å². The van der Waals surface area contributed by atoms with Crippen molar-refractivity contribution >= 4 is 17.0 Å². The van der Waals surface area contributed by atoms with Crippen molar-refractivity contribution in [1.82, 2.24) is 10.3 Å². The highest BCUT2D eigenvalue weighted by Gasteiger charge is 2.24. The summed E-state index contributed by atoms with van der Waals surface area (Å²) in [5, 5.41) is 4.44. The lowest BCUT2D eigenvalue weighted by Crippen LogP contribution is -2.26. The summed E-state index contributed by atoms with van der Waals surface area (Å²) >= 11 is 1.62. The fraction of sp³-hybridized carbons (Fsp3) is 0.300. The summed E-state index contributed by atoms with van der Waals surface area (Å²) in [5.74, 6) is 0.158. The Morgan fingerprint density at radius 3 is 2.80 bits per heavy atom. The van der Waals surface area contributed by atoms with Crippen molar-refractivity contribution in [3.8, 4) is 11.3 Å². The maximum Gasteiger partial charge on any atom is 0.132 e. The average molecular weight is 355 g/mol. The van der Waals surface area contributed by atoms with E-state index in [1.54, 1.807) is 23.5 Å². The number of piperidine rings is 1. The van der Waals surface area contributed by atoms with Gasteiger partial charge < -0.3 is 5.32 Å². The molecule has 1 aromatic heterocycles. The molecule has 1 aliphatic rings. The maximum absolute atomic E-state index is 14.4. The van der Waals surface area contributed by atoms with Gasteiger partial charge in [-0.1, -0.05) is 24.8 Å². The summed E-state index contributed by atoms with van der Waals surface area (Å²) in [6.07, 6.45) is 7.48. The van der Waals surface area contributed by atoms with Gasteiger partial charge in [-0.2, -0.15) is 0 Å². The molecule has 5 heteroatoms. The molecule has 0 saturated carbocycles. The smallest absolute Gasteiger partial charge is 0.132 e. The number of aliphatic imine (C=N–C) groups is 1. The van der Waals surface area contributed by atoms with Gasteiger partial charge in [-0.25, -0.2) is 9.37 Å². The van der Waals surface area contributed by atoms with Crippen LogP contribution in [0.15, 0.2) is 54.2 Å². The van der Waals surface area contributed by atoms with Crippen molar-refractivity contribution in [1.29, 1.82) is 0 Å². The Morgan fingerprint density at radius 1 is 1.36 bits per heavy atom. The van der Waals surface area contributed by atoms with Crippen LogP contribution in [0.3, 0.4) is 0 Å². The molecular formula is C20H22FN3S. The normalized spacial score (nSPS) is 16.5. The third kappa shape index (κ3) is 3.94. The van der Waals surface area contributed by atoms with Crippen molar-refractivity contribution in [3.05, 3.63) is 64.9 Å². The molecule has 130 valence electrons. The van der Waals surface area contributed by atoms with Crippen molar-refractivity contribution in [2.75, 3.05) is 13.1 Å². The van der Waals surface area contributed by atoms with Crippen molar-refractivity contribution in [2.24, 2.45) is 4.99 Å². The molecule has 1 saturated heterocycles. The van der Waals surface area contributed by atoms with E-state index in [1.165, 1.54) is 12.3 Å². The van der Waals surface area contributed by atoms with Crippen LogP contribution in [-0.4, -0.2) is 23.8 Å². The molecule has 1 fully saturated rings. The predicted octanol–water partition coefficient (Wildman–Crippen LogP) is 4.92. The predicted molar refractivity (Wildman–Crippen MR) is 104 cm³/mol. The van der Waals surface area contributed by atoms with Gasteiger partial charge in [0.1, 0.15) is 5.82 Å². The molecule has 2 aromatic rings. The van der Waals surface area contributed by atoms with E-state index in [2.05, 4.69) is 16.9 Å². The van der Waals surface area contributed by atoms with E-state index in [9.17, 15) is 4.39 Å². The van der Waals surface area contributed by atoms with Crippen molar-refractivity contribution in [2.45, 2.75) is 25.7 Å². The number of thiazole rings is 1. The van der Waals surface area contributed by atoms with Crippen LogP contribution in [0.2, 0.25) is 0 Å². The molecule has 3 rings (SSSR count). The lowest BCUT2D eigenvalue weighted by atomic mass is 9.99. The van der Waals surface area contributed by atoms with Crippen LogP contribution < -0.4 is 5.32 Å². The van der Waals surface area contributed by atoms with Crippen LogP contribution >= 0.6 is 11.3 Å². The van der Waals surface area contributed by atoms with E-state index in [1.807, 2.05) is 25.1 Å². The van der Waals surface area contributed by atoms with Gasteiger partial charge in [0.2, 0.25) is 0 Å². The standard InChI is InChI=1S/C20H22FN3S/c1-3-7-17(23-4-2)19-18(15-8-5-6-9-16(15)21)24-20(25-19)14-10-12-22-13-11-14/h3-9,14,22H,2,10-13H2,1H3/b7-3-,23-17?. The zero-order valence-corrected chi connectivity index (χ0v) is 15.2. The van der Waals surface area contributed by atoms with Gasteiger partial charge >= 0.3 is 0 Å². The summed E-state index contributed by atoms with van der Waals surface area (Å²) < 4.78 is 14.4. The molecule has 1 aromatic carbocycles. The first-order valence-electron chi connectivity index (χ1n) is 8.52. The van der Waals surface area contributed by atoms with Crippen LogP contribution in [0, 0.1) is 5.82 Å². The average Bonchev–Trinajstić information content (AvgIpc) is 3.08. The minimum atomic E-state index is -0.260. The number of hydrogen-bond acceptors (Lipinski definition) is 4. The molecule has 0 radical (unpaired) electrons. The quantitative estimate of drug-likeness (QED) is 0.773. The fourth-order valence-electron chi connectivity index (χ4n) is 3.02. The molecular weight excluding hydrogens is 333 g/mol. The summed E-state index contributed by atoms with van der Waals surface area (Å²) in [6, 6.07) is 6.79. The van der Waals surface area contributed by atoms with Gasteiger partial charge in [0.05, 0.1) is 21.3 Å². The van der Waals surface area contributed by atoms with E-state index in [-0.39, 0.29) is 5.82 Å². The topological polar surface area (TPSA) is 37.3 Å². The van der Waals surface area contributed by atoms with E-state index < -0.39 is 0 Å². The number of benzene rings is 1. The van der Waals surface area contributed by atoms with Gasteiger partial charge in [0.25, 0.3) is 0 Å². The molecule has 1 aliphatic heterocycles. The summed E-state index contributed by atoms with van der Waals surface area (Å²) in [7, 11) is 0. The molecule has 25 heavy (non-hydrogen) atoms. The van der Waals surface area contributed by atoms with Gasteiger partial charge in [-0.3, -0.25) is 4.99 Å². The molecule has 1 N–H and O–H groups in total. The Hall–Kier alpha value is -2.11. The van der Waals surface area contributed by atoms with E-state index >= 15 is 0 Å².